The minimum Gasteiger partial charge on any atom is -0.389 e. The lowest BCUT2D eigenvalue weighted by atomic mass is 10.0. The molecule has 0 aliphatic carbocycles. The number of carbonyl (C=O) groups excluding carboxylic acids is 2. The molecule has 4 N–H and O–H groups in total. The van der Waals surface area contributed by atoms with Gasteiger partial charge in [-0.25, -0.2) is 4.98 Å². The van der Waals surface area contributed by atoms with E-state index in [0.717, 1.165) is 30.0 Å². The molecular formula is C23H26N6O2S2. The van der Waals surface area contributed by atoms with E-state index in [1.54, 1.807) is 23.2 Å². The van der Waals surface area contributed by atoms with Crippen LogP contribution in [0, 0.1) is 4.77 Å². The highest BCUT2D eigenvalue weighted by molar-refractivity contribution is 7.71. The van der Waals surface area contributed by atoms with E-state index in [1.165, 1.54) is 16.9 Å². The molecule has 4 rings (SSSR count). The van der Waals surface area contributed by atoms with Gasteiger partial charge in [0.1, 0.15) is 5.00 Å². The molecule has 0 atom stereocenters. The number of nitrogens with one attached hydrogen (secondary N) is 2. The lowest BCUT2D eigenvalue weighted by Crippen LogP contribution is -2.37. The summed E-state index contributed by atoms with van der Waals surface area (Å²) in [4.78, 5) is 34.3. The number of H-pyrrole nitrogens is 1. The SMILES string of the molecule is CCc1nc(C(=O)N2CCC(=CCNC(=O)c3ccc(-n4cc[nH]c4=S)cc3)CC2)c(N)s1. The zero-order valence-electron chi connectivity index (χ0n) is 18.3. The second-order valence-corrected chi connectivity index (χ2v) is 9.22. The number of imidazole rings is 1. The molecule has 8 nitrogen and oxygen atoms in total. The first-order valence-electron chi connectivity index (χ1n) is 10.8. The van der Waals surface area contributed by atoms with Crippen LogP contribution < -0.4 is 11.1 Å². The molecule has 3 heterocycles. The molecule has 1 aliphatic heterocycles. The number of nitrogens with zero attached hydrogens (tertiary/aromatic N) is 3. The molecule has 1 aliphatic rings. The van der Waals surface area contributed by atoms with Crippen molar-refractivity contribution in [3.8, 4) is 5.69 Å². The van der Waals surface area contributed by atoms with Crippen LogP contribution in [0.25, 0.3) is 5.69 Å². The molecule has 0 bridgehead atoms. The number of aromatic nitrogens is 3. The third-order valence-electron chi connectivity index (χ3n) is 5.61. The van der Waals surface area contributed by atoms with Crippen LogP contribution >= 0.6 is 23.6 Å². The largest absolute Gasteiger partial charge is 0.389 e. The molecule has 0 radical (unpaired) electrons. The van der Waals surface area contributed by atoms with Crippen LogP contribution in [-0.2, 0) is 6.42 Å². The Balaban J connectivity index is 1.27. The molecule has 2 aromatic heterocycles. The Bertz CT molecular complexity index is 1230. The fourth-order valence-corrected chi connectivity index (χ4v) is 4.72. The van der Waals surface area contributed by atoms with Crippen molar-refractivity contribution in [2.75, 3.05) is 25.4 Å². The van der Waals surface area contributed by atoms with Gasteiger partial charge in [0.15, 0.2) is 10.5 Å². The highest BCUT2D eigenvalue weighted by atomic mass is 32.1. The summed E-state index contributed by atoms with van der Waals surface area (Å²) in [5.41, 5.74) is 9.08. The number of aromatic amines is 1. The highest BCUT2D eigenvalue weighted by Gasteiger charge is 2.24. The molecular weight excluding hydrogens is 456 g/mol. The Labute approximate surface area is 201 Å². The number of carbonyl (C=O) groups is 2. The number of likely N-dealkylation sites (tertiary alicyclic amines) is 1. The number of benzene rings is 1. The Kier molecular flexibility index (Phi) is 7.05. The normalized spacial score (nSPS) is 13.7. The van der Waals surface area contributed by atoms with Crippen LogP contribution in [0.5, 0.6) is 0 Å². The molecule has 2 amide bonds. The number of rotatable bonds is 6. The van der Waals surface area contributed by atoms with Gasteiger partial charge in [0.25, 0.3) is 11.8 Å². The van der Waals surface area contributed by atoms with Crippen molar-refractivity contribution in [1.29, 1.82) is 0 Å². The molecule has 1 saturated heterocycles. The van der Waals surface area contributed by atoms with Gasteiger partial charge in [-0.2, -0.15) is 0 Å². The van der Waals surface area contributed by atoms with Gasteiger partial charge in [-0.05, 0) is 55.7 Å². The molecule has 33 heavy (non-hydrogen) atoms. The number of amides is 2. The van der Waals surface area contributed by atoms with Gasteiger partial charge in [-0.15, -0.1) is 11.3 Å². The fraction of sp³-hybridized carbons (Fsp3) is 0.304. The number of hydrogen-bond acceptors (Lipinski definition) is 6. The Morgan fingerprint density at radius 2 is 2.00 bits per heavy atom. The van der Waals surface area contributed by atoms with E-state index in [9.17, 15) is 9.59 Å². The number of hydrogen-bond donors (Lipinski definition) is 3. The van der Waals surface area contributed by atoms with Crippen molar-refractivity contribution in [1.82, 2.24) is 24.8 Å². The van der Waals surface area contributed by atoms with Crippen molar-refractivity contribution >= 4 is 40.4 Å². The number of aryl methyl sites for hydroxylation is 1. The van der Waals surface area contributed by atoms with E-state index in [4.69, 9.17) is 18.0 Å². The van der Waals surface area contributed by atoms with Crippen molar-refractivity contribution in [3.05, 3.63) is 69.3 Å². The van der Waals surface area contributed by atoms with Crippen molar-refractivity contribution in [3.63, 3.8) is 0 Å². The van der Waals surface area contributed by atoms with E-state index < -0.39 is 0 Å². The first-order valence-corrected chi connectivity index (χ1v) is 12.1. The monoisotopic (exact) mass is 482 g/mol. The Morgan fingerprint density at radius 3 is 2.61 bits per heavy atom. The topological polar surface area (TPSA) is 109 Å². The van der Waals surface area contributed by atoms with Crippen LogP contribution in [0.1, 0.15) is 45.6 Å². The predicted octanol–water partition coefficient (Wildman–Crippen LogP) is 3.73. The second kappa shape index (κ2) is 10.1. The number of piperidine rings is 1. The predicted molar refractivity (Wildman–Crippen MR) is 132 cm³/mol. The first kappa shape index (κ1) is 22.9. The van der Waals surface area contributed by atoms with Crippen LogP contribution in [0.4, 0.5) is 5.00 Å². The number of thiazole rings is 1. The van der Waals surface area contributed by atoms with Gasteiger partial charge in [-0.1, -0.05) is 18.6 Å². The maximum atomic E-state index is 12.7. The number of anilines is 1. The Morgan fingerprint density at radius 1 is 1.27 bits per heavy atom. The van der Waals surface area contributed by atoms with E-state index >= 15 is 0 Å². The molecule has 0 saturated carbocycles. The van der Waals surface area contributed by atoms with E-state index in [0.29, 0.717) is 40.7 Å². The minimum atomic E-state index is -0.130. The summed E-state index contributed by atoms with van der Waals surface area (Å²) in [6.45, 7) is 3.70. The zero-order chi connectivity index (χ0) is 23.4. The van der Waals surface area contributed by atoms with Gasteiger partial charge in [0.2, 0.25) is 0 Å². The van der Waals surface area contributed by atoms with Crippen LogP contribution in [0.3, 0.4) is 0 Å². The van der Waals surface area contributed by atoms with E-state index in [2.05, 4.69) is 15.3 Å². The molecule has 1 aromatic carbocycles. The maximum absolute atomic E-state index is 12.7. The van der Waals surface area contributed by atoms with Gasteiger partial charge in [0, 0.05) is 43.3 Å². The summed E-state index contributed by atoms with van der Waals surface area (Å²) in [5, 5.41) is 4.31. The minimum absolute atomic E-state index is 0.0970. The van der Waals surface area contributed by atoms with Crippen molar-refractivity contribution in [2.45, 2.75) is 26.2 Å². The Hall–Kier alpha value is -3.24. The molecule has 0 unspecified atom stereocenters. The first-order chi connectivity index (χ1) is 16.0. The van der Waals surface area contributed by atoms with Crippen LogP contribution in [0.15, 0.2) is 48.3 Å². The summed E-state index contributed by atoms with van der Waals surface area (Å²) in [5.74, 6) is -0.227. The summed E-state index contributed by atoms with van der Waals surface area (Å²) in [6, 6.07) is 7.29. The van der Waals surface area contributed by atoms with E-state index in [-0.39, 0.29) is 11.8 Å². The quantitative estimate of drug-likeness (QED) is 0.366. The number of nitrogens with two attached hydrogens (primary N) is 1. The standard InChI is InChI=1S/C23H26N6O2S2/c1-2-18-27-19(20(24)33-18)22(31)28-12-8-15(9-13-28)7-10-25-21(30)16-3-5-17(6-4-16)29-14-11-26-23(29)32/h3-7,11,14H,2,8-10,12-13,24H2,1H3,(H,25,30)(H,26,32). The van der Waals surface area contributed by atoms with Crippen LogP contribution in [0.2, 0.25) is 0 Å². The van der Waals surface area contributed by atoms with E-state index in [1.807, 2.05) is 35.9 Å². The summed E-state index contributed by atoms with van der Waals surface area (Å²) in [7, 11) is 0. The van der Waals surface area contributed by atoms with Gasteiger partial charge < -0.3 is 20.9 Å². The smallest absolute Gasteiger partial charge is 0.275 e. The second-order valence-electron chi connectivity index (χ2n) is 7.72. The summed E-state index contributed by atoms with van der Waals surface area (Å²) < 4.78 is 2.44. The third kappa shape index (κ3) is 5.23. The average molecular weight is 483 g/mol. The number of nitrogen functional groups attached to an aromatic ring is 1. The highest BCUT2D eigenvalue weighted by Crippen LogP contribution is 2.25. The molecule has 3 aromatic rings. The van der Waals surface area contributed by atoms with Gasteiger partial charge in [0.05, 0.1) is 5.01 Å². The average Bonchev–Trinajstić information content (AvgIpc) is 3.44. The van der Waals surface area contributed by atoms with Crippen molar-refractivity contribution < 1.29 is 9.59 Å². The maximum Gasteiger partial charge on any atom is 0.275 e. The molecule has 172 valence electrons. The zero-order valence-corrected chi connectivity index (χ0v) is 20.0. The van der Waals surface area contributed by atoms with Gasteiger partial charge in [-0.3, -0.25) is 14.2 Å². The lowest BCUT2D eigenvalue weighted by Gasteiger charge is -2.28. The summed E-state index contributed by atoms with van der Waals surface area (Å²) in [6.07, 6.45) is 7.98. The molecule has 1 fully saturated rings. The van der Waals surface area contributed by atoms with Crippen LogP contribution in [-0.4, -0.2) is 50.9 Å². The third-order valence-corrected chi connectivity index (χ3v) is 6.95. The van der Waals surface area contributed by atoms with Gasteiger partial charge >= 0.3 is 0 Å². The molecule has 0 spiro atoms. The molecule has 10 heteroatoms. The fourth-order valence-electron chi connectivity index (χ4n) is 3.72. The van der Waals surface area contributed by atoms with Crippen molar-refractivity contribution in [2.24, 2.45) is 0 Å². The summed E-state index contributed by atoms with van der Waals surface area (Å²) >= 11 is 6.60. The lowest BCUT2D eigenvalue weighted by molar-refractivity contribution is 0.0739.